The summed E-state index contributed by atoms with van der Waals surface area (Å²) in [5, 5.41) is 4.90. The number of pyridine rings is 1. The maximum atomic E-state index is 12.1. The Morgan fingerprint density at radius 2 is 1.92 bits per heavy atom. The lowest BCUT2D eigenvalue weighted by Crippen LogP contribution is -2.08. The lowest BCUT2D eigenvalue weighted by Gasteiger charge is -2.04. The van der Waals surface area contributed by atoms with Crippen LogP contribution in [0.2, 0.25) is 5.02 Å². The van der Waals surface area contributed by atoms with Crippen molar-refractivity contribution in [3.05, 3.63) is 70.5 Å². The fourth-order valence-corrected chi connectivity index (χ4v) is 3.31. The summed E-state index contributed by atoms with van der Waals surface area (Å²) < 4.78 is 24.2. The number of sulfone groups is 1. The van der Waals surface area contributed by atoms with Gasteiger partial charge in [-0.05, 0) is 50.5 Å². The molecule has 0 saturated carbocycles. The third-order valence-corrected chi connectivity index (χ3v) is 5.30. The number of nitrogens with one attached hydrogen (secondary N) is 1. The van der Waals surface area contributed by atoms with Crippen LogP contribution < -0.4 is 5.32 Å². The Hall–Kier alpha value is -1.85. The molecule has 0 radical (unpaired) electrons. The summed E-state index contributed by atoms with van der Waals surface area (Å²) in [4.78, 5) is 4.54. The maximum absolute atomic E-state index is 12.1. The minimum atomic E-state index is -3.39. The van der Waals surface area contributed by atoms with Crippen LogP contribution in [0.3, 0.4) is 0 Å². The third kappa shape index (κ3) is 5.65. The van der Waals surface area contributed by atoms with Gasteiger partial charge in [-0.2, -0.15) is 0 Å². The highest BCUT2D eigenvalue weighted by Gasteiger charge is 2.09. The molecule has 0 spiro atoms. The predicted molar refractivity (Wildman–Crippen MR) is 97.7 cm³/mol. The number of unbranched alkanes of at least 4 members (excludes halogenated alkanes) is 1. The van der Waals surface area contributed by atoms with Gasteiger partial charge in [-0.25, -0.2) is 8.42 Å². The molecule has 1 aromatic carbocycles. The molecule has 4 nitrogen and oxygen atoms in total. The first-order valence-corrected chi connectivity index (χ1v) is 9.72. The van der Waals surface area contributed by atoms with Crippen molar-refractivity contribution < 1.29 is 8.42 Å². The summed E-state index contributed by atoms with van der Waals surface area (Å²) in [6.45, 7) is 2.62. The lowest BCUT2D eigenvalue weighted by atomic mass is 10.2. The summed E-state index contributed by atoms with van der Waals surface area (Å²) in [6, 6.07) is 10.5. The second-order valence-corrected chi connectivity index (χ2v) is 7.74. The molecule has 0 amide bonds. The summed E-state index contributed by atoms with van der Waals surface area (Å²) in [6.07, 6.45) is 5.87. The number of aromatic nitrogens is 1. The Kier molecular flexibility index (Phi) is 6.82. The van der Waals surface area contributed by atoms with Crippen LogP contribution in [0.5, 0.6) is 0 Å². The van der Waals surface area contributed by atoms with E-state index in [2.05, 4.69) is 10.3 Å². The Balaban J connectivity index is 1.72. The van der Waals surface area contributed by atoms with Crippen molar-refractivity contribution in [2.45, 2.75) is 31.1 Å². The molecule has 1 aromatic heterocycles. The van der Waals surface area contributed by atoms with E-state index in [-0.39, 0.29) is 0 Å². The Morgan fingerprint density at radius 1 is 1.17 bits per heavy atom. The van der Waals surface area contributed by atoms with Gasteiger partial charge in [0.15, 0.2) is 0 Å². The first-order chi connectivity index (χ1) is 11.5. The van der Waals surface area contributed by atoms with Gasteiger partial charge in [0.25, 0.3) is 0 Å². The zero-order valence-electron chi connectivity index (χ0n) is 13.6. The van der Waals surface area contributed by atoms with Gasteiger partial charge in [0.2, 0.25) is 9.84 Å². The average Bonchev–Trinajstić information content (AvgIpc) is 2.56. The predicted octanol–water partition coefficient (Wildman–Crippen LogP) is 3.90. The number of rotatable bonds is 8. The zero-order valence-corrected chi connectivity index (χ0v) is 15.1. The highest BCUT2D eigenvalue weighted by Crippen LogP contribution is 2.14. The first kappa shape index (κ1) is 18.5. The second kappa shape index (κ2) is 8.85. The number of hydrogen-bond acceptors (Lipinski definition) is 4. The van der Waals surface area contributed by atoms with E-state index in [0.717, 1.165) is 30.5 Å². The van der Waals surface area contributed by atoms with E-state index in [1.165, 1.54) is 11.6 Å². The molecule has 128 valence electrons. The molecular formula is C18H21ClN2O2S. The Morgan fingerprint density at radius 3 is 2.62 bits per heavy atom. The highest BCUT2D eigenvalue weighted by atomic mass is 35.5. The van der Waals surface area contributed by atoms with Gasteiger partial charge in [0.1, 0.15) is 0 Å². The van der Waals surface area contributed by atoms with Crippen LogP contribution in [0.25, 0.3) is 0 Å². The fraction of sp³-hybridized carbons (Fsp3) is 0.278. The summed E-state index contributed by atoms with van der Waals surface area (Å²) >= 11 is 6.05. The topological polar surface area (TPSA) is 59.1 Å². The summed E-state index contributed by atoms with van der Waals surface area (Å²) in [5.41, 5.74) is 1.93. The van der Waals surface area contributed by atoms with Gasteiger partial charge in [0, 0.05) is 18.9 Å². The second-order valence-electron chi connectivity index (χ2n) is 5.50. The molecule has 2 rings (SSSR count). The van der Waals surface area contributed by atoms with Crippen molar-refractivity contribution in [1.29, 1.82) is 0 Å². The molecule has 0 fully saturated rings. The minimum Gasteiger partial charge on any atom is -0.390 e. The van der Waals surface area contributed by atoms with Crippen LogP contribution in [-0.4, -0.2) is 19.9 Å². The van der Waals surface area contributed by atoms with Gasteiger partial charge in [0.05, 0.1) is 21.0 Å². The molecule has 0 bridgehead atoms. The molecule has 0 aliphatic heterocycles. The van der Waals surface area contributed by atoms with Crippen LogP contribution >= 0.6 is 11.6 Å². The molecule has 6 heteroatoms. The average molecular weight is 365 g/mol. The van der Waals surface area contributed by atoms with Gasteiger partial charge >= 0.3 is 0 Å². The van der Waals surface area contributed by atoms with Crippen molar-refractivity contribution in [2.75, 3.05) is 6.54 Å². The minimum absolute atomic E-state index is 0.302. The van der Waals surface area contributed by atoms with E-state index in [0.29, 0.717) is 16.5 Å². The van der Waals surface area contributed by atoms with Crippen molar-refractivity contribution in [1.82, 2.24) is 10.3 Å². The van der Waals surface area contributed by atoms with Gasteiger partial charge in [-0.3, -0.25) is 4.98 Å². The molecule has 0 unspecified atom stereocenters. The van der Waals surface area contributed by atoms with Crippen LogP contribution in [0, 0.1) is 6.92 Å². The molecule has 1 N–H and O–H groups in total. The van der Waals surface area contributed by atoms with Crippen LogP contribution in [0.1, 0.15) is 24.1 Å². The number of nitrogens with zero attached hydrogens (tertiary/aromatic N) is 1. The maximum Gasteiger partial charge on any atom is 0.201 e. The quantitative estimate of drug-likeness (QED) is 0.721. The van der Waals surface area contributed by atoms with Crippen molar-refractivity contribution >= 4 is 21.4 Å². The largest absolute Gasteiger partial charge is 0.390 e. The van der Waals surface area contributed by atoms with E-state index < -0.39 is 9.84 Å². The number of aryl methyl sites for hydroxylation is 2. The molecule has 0 aliphatic rings. The first-order valence-electron chi connectivity index (χ1n) is 7.80. The van der Waals surface area contributed by atoms with Crippen LogP contribution in [0.4, 0.5) is 0 Å². The molecule has 0 saturated heterocycles. The highest BCUT2D eigenvalue weighted by molar-refractivity contribution is 7.94. The van der Waals surface area contributed by atoms with E-state index in [1.54, 1.807) is 30.5 Å². The third-order valence-electron chi connectivity index (χ3n) is 3.53. The molecule has 0 atom stereocenters. The zero-order chi connectivity index (χ0) is 17.4. The van der Waals surface area contributed by atoms with Crippen molar-refractivity contribution in [3.8, 4) is 0 Å². The summed E-state index contributed by atoms with van der Waals surface area (Å²) in [5.74, 6) is 0. The summed E-state index contributed by atoms with van der Waals surface area (Å²) in [7, 11) is -3.39. The molecule has 2 aromatic rings. The van der Waals surface area contributed by atoms with Crippen molar-refractivity contribution in [3.63, 3.8) is 0 Å². The van der Waals surface area contributed by atoms with E-state index in [1.807, 2.05) is 19.1 Å². The molecule has 0 aliphatic carbocycles. The van der Waals surface area contributed by atoms with E-state index in [9.17, 15) is 8.42 Å². The number of halogens is 1. The van der Waals surface area contributed by atoms with Gasteiger partial charge in [-0.1, -0.05) is 29.3 Å². The van der Waals surface area contributed by atoms with Crippen molar-refractivity contribution in [2.24, 2.45) is 0 Å². The monoisotopic (exact) mass is 364 g/mol. The van der Waals surface area contributed by atoms with Crippen LogP contribution in [-0.2, 0) is 16.3 Å². The van der Waals surface area contributed by atoms with Gasteiger partial charge < -0.3 is 5.32 Å². The smallest absolute Gasteiger partial charge is 0.201 e. The number of hydrogen-bond donors (Lipinski definition) is 1. The fourth-order valence-electron chi connectivity index (χ4n) is 2.15. The van der Waals surface area contributed by atoms with E-state index >= 15 is 0 Å². The molecule has 24 heavy (non-hydrogen) atoms. The standard InChI is InChI=1S/C18H21ClN2O2S/c1-15-7-9-16(10-8-15)24(22,23)14-13-20-11-3-2-6-18-17(19)5-4-12-21-18/h4-5,7-10,12-14,20H,2-3,6,11H2,1H3. The normalized spacial score (nSPS) is 11.8. The Labute approximate surface area is 148 Å². The van der Waals surface area contributed by atoms with Crippen LogP contribution in [0.15, 0.2) is 59.1 Å². The molecular weight excluding hydrogens is 344 g/mol. The Bertz CT molecular complexity index is 787. The molecule has 1 heterocycles. The SMILES string of the molecule is Cc1ccc(S(=O)(=O)C=CNCCCCc2ncccc2Cl)cc1. The van der Waals surface area contributed by atoms with E-state index in [4.69, 9.17) is 11.6 Å². The van der Waals surface area contributed by atoms with Gasteiger partial charge in [-0.15, -0.1) is 0 Å². The lowest BCUT2D eigenvalue weighted by molar-refractivity contribution is 0.604. The number of benzene rings is 1.